The van der Waals surface area contributed by atoms with Gasteiger partial charge in [-0.05, 0) is 37.8 Å². The third-order valence-corrected chi connectivity index (χ3v) is 4.42. The molecule has 1 aliphatic heterocycles. The van der Waals surface area contributed by atoms with Crippen molar-refractivity contribution in [3.63, 3.8) is 0 Å². The number of carbonyl (C=O) groups excluding carboxylic acids is 1. The van der Waals surface area contributed by atoms with Crippen LogP contribution in [0, 0.1) is 11.7 Å². The van der Waals surface area contributed by atoms with E-state index >= 15 is 0 Å². The van der Waals surface area contributed by atoms with Crippen molar-refractivity contribution in [2.24, 2.45) is 5.92 Å². The molecule has 0 radical (unpaired) electrons. The van der Waals surface area contributed by atoms with E-state index in [9.17, 15) is 14.0 Å². The number of halogens is 1. The minimum atomic E-state index is -0.867. The number of carboxylic acids is 1. The summed E-state index contributed by atoms with van der Waals surface area (Å²) in [7, 11) is 1.40. The predicted octanol–water partition coefficient (Wildman–Crippen LogP) is 2.48. The topological polar surface area (TPSA) is 66.8 Å². The van der Waals surface area contributed by atoms with E-state index in [1.807, 2.05) is 6.92 Å². The molecular weight excluding hydrogens is 301 g/mol. The third-order valence-electron chi connectivity index (χ3n) is 4.42. The number of benzene rings is 1. The molecule has 1 aromatic carbocycles. The van der Waals surface area contributed by atoms with Crippen LogP contribution in [0.4, 0.5) is 4.39 Å². The first-order valence-electron chi connectivity index (χ1n) is 7.77. The average molecular weight is 323 g/mol. The molecule has 2 atom stereocenters. The average Bonchev–Trinajstić information content (AvgIpc) is 2.53. The lowest BCUT2D eigenvalue weighted by Gasteiger charge is -2.36. The fraction of sp³-hybridized carbons (Fsp3) is 0.529. The van der Waals surface area contributed by atoms with Gasteiger partial charge in [-0.25, -0.2) is 4.39 Å². The van der Waals surface area contributed by atoms with E-state index in [-0.39, 0.29) is 37.1 Å². The third kappa shape index (κ3) is 4.00. The van der Waals surface area contributed by atoms with Gasteiger partial charge in [0.05, 0.1) is 13.0 Å². The number of nitrogens with zero attached hydrogens (tertiary/aromatic N) is 1. The van der Waals surface area contributed by atoms with Gasteiger partial charge in [-0.2, -0.15) is 0 Å². The lowest BCUT2D eigenvalue weighted by molar-refractivity contribution is -0.147. The van der Waals surface area contributed by atoms with Gasteiger partial charge in [-0.15, -0.1) is 0 Å². The van der Waals surface area contributed by atoms with E-state index in [0.29, 0.717) is 18.4 Å². The van der Waals surface area contributed by atoms with Crippen LogP contribution in [0.25, 0.3) is 0 Å². The summed E-state index contributed by atoms with van der Waals surface area (Å²) < 4.78 is 19.0. The summed E-state index contributed by atoms with van der Waals surface area (Å²) in [5, 5.41) is 9.12. The second kappa shape index (κ2) is 7.44. The van der Waals surface area contributed by atoms with E-state index in [4.69, 9.17) is 9.84 Å². The maximum absolute atomic E-state index is 14.1. The van der Waals surface area contributed by atoms with Gasteiger partial charge >= 0.3 is 5.97 Å². The first kappa shape index (κ1) is 17.2. The number of likely N-dealkylation sites (tertiary alicyclic amines) is 1. The Labute approximate surface area is 135 Å². The summed E-state index contributed by atoms with van der Waals surface area (Å²) in [6.45, 7) is 2.15. The van der Waals surface area contributed by atoms with Crippen molar-refractivity contribution in [3.05, 3.63) is 29.6 Å². The predicted molar refractivity (Wildman–Crippen MR) is 82.8 cm³/mol. The molecule has 2 rings (SSSR count). The zero-order valence-electron chi connectivity index (χ0n) is 13.4. The van der Waals surface area contributed by atoms with Crippen molar-refractivity contribution in [1.82, 2.24) is 4.90 Å². The van der Waals surface area contributed by atoms with Crippen LogP contribution in [0.15, 0.2) is 18.2 Å². The number of ether oxygens (including phenoxy) is 1. The Morgan fingerprint density at radius 3 is 2.78 bits per heavy atom. The standard InChI is InChI=1S/C17H22FNO4/c1-11-6-7-13(17(21)22)10-19(11)15(20)9-8-12-4-3-5-14(23-2)16(12)18/h3-5,11,13H,6-10H2,1-2H3,(H,21,22). The Morgan fingerprint density at radius 1 is 1.39 bits per heavy atom. The summed E-state index contributed by atoms with van der Waals surface area (Å²) >= 11 is 0. The largest absolute Gasteiger partial charge is 0.494 e. The molecule has 1 saturated heterocycles. The van der Waals surface area contributed by atoms with Gasteiger partial charge in [0.2, 0.25) is 5.91 Å². The summed E-state index contributed by atoms with van der Waals surface area (Å²) in [6, 6.07) is 4.87. The highest BCUT2D eigenvalue weighted by Gasteiger charge is 2.32. The Balaban J connectivity index is 2.00. The van der Waals surface area contributed by atoms with E-state index in [1.165, 1.54) is 13.2 Å². The number of amides is 1. The zero-order chi connectivity index (χ0) is 17.0. The molecule has 126 valence electrons. The van der Waals surface area contributed by atoms with Gasteiger partial charge < -0.3 is 14.7 Å². The van der Waals surface area contributed by atoms with Crippen molar-refractivity contribution in [2.75, 3.05) is 13.7 Å². The number of methoxy groups -OCH3 is 1. The summed E-state index contributed by atoms with van der Waals surface area (Å²) in [5.74, 6) is -1.80. The molecule has 0 saturated carbocycles. The normalized spacial score (nSPS) is 21.1. The molecule has 1 fully saturated rings. The molecule has 1 aromatic rings. The SMILES string of the molecule is COc1cccc(CCC(=O)N2CC(C(=O)O)CCC2C)c1F. The molecule has 1 amide bonds. The molecule has 0 spiro atoms. The molecule has 6 heteroatoms. The van der Waals surface area contributed by atoms with Crippen LogP contribution in [0.3, 0.4) is 0 Å². The summed E-state index contributed by atoms with van der Waals surface area (Å²) in [5.41, 5.74) is 0.428. The maximum Gasteiger partial charge on any atom is 0.308 e. The molecule has 2 unspecified atom stereocenters. The van der Waals surface area contributed by atoms with Crippen LogP contribution < -0.4 is 4.74 Å². The van der Waals surface area contributed by atoms with Crippen LogP contribution in [0.1, 0.15) is 31.7 Å². The minimum absolute atomic E-state index is 0.0215. The van der Waals surface area contributed by atoms with Gasteiger partial charge in [0.25, 0.3) is 0 Å². The molecule has 23 heavy (non-hydrogen) atoms. The molecule has 5 nitrogen and oxygen atoms in total. The number of rotatable bonds is 5. The van der Waals surface area contributed by atoms with Crippen molar-refractivity contribution in [2.45, 2.75) is 38.6 Å². The highest BCUT2D eigenvalue weighted by Crippen LogP contribution is 2.24. The molecular formula is C17H22FNO4. The maximum atomic E-state index is 14.1. The fourth-order valence-electron chi connectivity index (χ4n) is 2.95. The van der Waals surface area contributed by atoms with Crippen LogP contribution in [0.5, 0.6) is 5.75 Å². The molecule has 0 bridgehead atoms. The minimum Gasteiger partial charge on any atom is -0.494 e. The molecule has 1 aliphatic rings. The number of hydrogen-bond acceptors (Lipinski definition) is 3. The molecule has 0 aromatic heterocycles. The highest BCUT2D eigenvalue weighted by atomic mass is 19.1. The van der Waals surface area contributed by atoms with Crippen molar-refractivity contribution in [3.8, 4) is 5.75 Å². The number of aryl methyl sites for hydroxylation is 1. The fourth-order valence-corrected chi connectivity index (χ4v) is 2.95. The van der Waals surface area contributed by atoms with Gasteiger partial charge in [0, 0.05) is 19.0 Å². The van der Waals surface area contributed by atoms with E-state index in [1.54, 1.807) is 17.0 Å². The van der Waals surface area contributed by atoms with E-state index < -0.39 is 17.7 Å². The number of aliphatic carboxylic acids is 1. The van der Waals surface area contributed by atoms with Gasteiger partial charge in [0.15, 0.2) is 11.6 Å². The number of hydrogen-bond donors (Lipinski definition) is 1. The first-order chi connectivity index (χ1) is 10.9. The Kier molecular flexibility index (Phi) is 5.58. The van der Waals surface area contributed by atoms with Gasteiger partial charge in [-0.1, -0.05) is 12.1 Å². The van der Waals surface area contributed by atoms with Crippen LogP contribution >= 0.6 is 0 Å². The first-order valence-corrected chi connectivity index (χ1v) is 7.77. The number of carbonyl (C=O) groups is 2. The Morgan fingerprint density at radius 2 is 2.13 bits per heavy atom. The van der Waals surface area contributed by atoms with Crippen molar-refractivity contribution < 1.29 is 23.8 Å². The van der Waals surface area contributed by atoms with Crippen molar-refractivity contribution in [1.29, 1.82) is 0 Å². The number of piperidine rings is 1. The summed E-state index contributed by atoms with van der Waals surface area (Å²) in [6.07, 6.45) is 1.69. The van der Waals surface area contributed by atoms with Crippen molar-refractivity contribution >= 4 is 11.9 Å². The molecule has 0 aliphatic carbocycles. The highest BCUT2D eigenvalue weighted by molar-refractivity contribution is 5.78. The lowest BCUT2D eigenvalue weighted by Crippen LogP contribution is -2.47. The molecule has 1 N–H and O–H groups in total. The van der Waals surface area contributed by atoms with Gasteiger partial charge in [-0.3, -0.25) is 9.59 Å². The quantitative estimate of drug-likeness (QED) is 0.904. The summed E-state index contributed by atoms with van der Waals surface area (Å²) in [4.78, 5) is 25.1. The number of carboxylic acid groups (broad SMARTS) is 1. The lowest BCUT2D eigenvalue weighted by atomic mass is 9.93. The monoisotopic (exact) mass is 323 g/mol. The Hall–Kier alpha value is -2.11. The van der Waals surface area contributed by atoms with Crippen LogP contribution in [0.2, 0.25) is 0 Å². The smallest absolute Gasteiger partial charge is 0.308 e. The second-order valence-corrected chi connectivity index (χ2v) is 5.94. The molecule has 1 heterocycles. The zero-order valence-corrected chi connectivity index (χ0v) is 13.4. The second-order valence-electron chi connectivity index (χ2n) is 5.94. The van der Waals surface area contributed by atoms with E-state index in [2.05, 4.69) is 0 Å². The van der Waals surface area contributed by atoms with Gasteiger partial charge in [0.1, 0.15) is 0 Å². The Bertz CT molecular complexity index is 590. The van der Waals surface area contributed by atoms with Crippen LogP contribution in [-0.2, 0) is 16.0 Å². The van der Waals surface area contributed by atoms with E-state index in [0.717, 1.165) is 0 Å². The van der Waals surface area contributed by atoms with Crippen LogP contribution in [-0.4, -0.2) is 41.6 Å².